The van der Waals surface area contributed by atoms with Crippen LogP contribution in [-0.2, 0) is 0 Å². The van der Waals surface area contributed by atoms with Crippen LogP contribution in [0.25, 0.3) is 0 Å². The lowest BCUT2D eigenvalue weighted by Crippen LogP contribution is -2.64. The maximum absolute atomic E-state index is 16.4. The van der Waals surface area contributed by atoms with E-state index in [4.69, 9.17) is 0 Å². The van der Waals surface area contributed by atoms with Gasteiger partial charge in [0.2, 0.25) is 0 Å². The van der Waals surface area contributed by atoms with Crippen LogP contribution >= 0.6 is 0 Å². The van der Waals surface area contributed by atoms with Gasteiger partial charge in [-0.15, -0.1) is 0 Å². The van der Waals surface area contributed by atoms with Gasteiger partial charge >= 0.3 is 12.4 Å². The molecule has 4 aliphatic carbocycles. The fourth-order valence-electron chi connectivity index (χ4n) is 7.98. The standard InChI is InChI=1S/C20H27F7O/c1-8-9(2)11-5-10(8)14-12-6-13(15(11)14)17(21,16(12,3)4)7-18(28,19(22,23)24)20(25,26)27/h8-15,28H,5-7H2,1-4H3. The normalized spacial score (nSPS) is 49.7. The number of fused-ring (bicyclic) bond motifs is 9. The van der Waals surface area contributed by atoms with Gasteiger partial charge in [-0.3, -0.25) is 0 Å². The summed E-state index contributed by atoms with van der Waals surface area (Å²) in [4.78, 5) is 0. The molecule has 4 aliphatic rings. The molecule has 4 fully saturated rings. The molecule has 9 atom stereocenters. The maximum atomic E-state index is 16.4. The summed E-state index contributed by atoms with van der Waals surface area (Å²) in [6, 6.07) is 0. The lowest BCUT2D eigenvalue weighted by atomic mass is 9.52. The van der Waals surface area contributed by atoms with Gasteiger partial charge in [0.15, 0.2) is 0 Å². The van der Waals surface area contributed by atoms with E-state index < -0.39 is 41.4 Å². The molecule has 8 heteroatoms. The average molecular weight is 416 g/mol. The fourth-order valence-corrected chi connectivity index (χ4v) is 7.98. The van der Waals surface area contributed by atoms with Crippen molar-refractivity contribution in [1.29, 1.82) is 0 Å². The van der Waals surface area contributed by atoms with Gasteiger partial charge in [-0.2, -0.15) is 26.3 Å². The molecular weight excluding hydrogens is 389 g/mol. The van der Waals surface area contributed by atoms with Gasteiger partial charge in [-0.05, 0) is 60.2 Å². The van der Waals surface area contributed by atoms with Crippen LogP contribution in [0.4, 0.5) is 30.7 Å². The van der Waals surface area contributed by atoms with Crippen molar-refractivity contribution in [2.75, 3.05) is 0 Å². The smallest absolute Gasteiger partial charge is 0.374 e. The topological polar surface area (TPSA) is 20.2 Å². The highest BCUT2D eigenvalue weighted by atomic mass is 19.4. The van der Waals surface area contributed by atoms with Crippen molar-refractivity contribution < 1.29 is 35.8 Å². The molecule has 4 rings (SSSR count). The van der Waals surface area contributed by atoms with Crippen molar-refractivity contribution >= 4 is 0 Å². The molecule has 28 heavy (non-hydrogen) atoms. The molecule has 162 valence electrons. The quantitative estimate of drug-likeness (QED) is 0.448. The molecule has 4 saturated carbocycles. The van der Waals surface area contributed by atoms with Crippen LogP contribution in [0.5, 0.6) is 0 Å². The van der Waals surface area contributed by atoms with E-state index in [-0.39, 0.29) is 23.7 Å². The van der Waals surface area contributed by atoms with Crippen LogP contribution in [-0.4, -0.2) is 28.7 Å². The van der Waals surface area contributed by atoms with Gasteiger partial charge < -0.3 is 5.11 Å². The van der Waals surface area contributed by atoms with Crippen molar-refractivity contribution in [2.45, 2.75) is 70.6 Å². The molecule has 0 aromatic heterocycles. The molecule has 0 radical (unpaired) electrons. The second-order valence-electron chi connectivity index (χ2n) is 10.5. The van der Waals surface area contributed by atoms with Crippen LogP contribution in [0.1, 0.15) is 47.0 Å². The Balaban J connectivity index is 1.75. The summed E-state index contributed by atoms with van der Waals surface area (Å²) in [5.74, 6) is 0.139. The minimum Gasteiger partial charge on any atom is -0.374 e. The molecule has 0 heterocycles. The van der Waals surface area contributed by atoms with Crippen molar-refractivity contribution in [2.24, 2.45) is 52.8 Å². The Bertz CT molecular complexity index is 654. The Labute approximate surface area is 160 Å². The van der Waals surface area contributed by atoms with E-state index in [1.807, 2.05) is 0 Å². The molecule has 0 saturated heterocycles. The minimum absolute atomic E-state index is 0.149. The number of hydrogen-bond donors (Lipinski definition) is 1. The van der Waals surface area contributed by atoms with Gasteiger partial charge in [-0.1, -0.05) is 27.7 Å². The molecule has 0 aliphatic heterocycles. The summed E-state index contributed by atoms with van der Waals surface area (Å²) < 4.78 is 96.2. The summed E-state index contributed by atoms with van der Waals surface area (Å²) >= 11 is 0. The highest BCUT2D eigenvalue weighted by Crippen LogP contribution is 2.78. The Morgan fingerprint density at radius 3 is 1.68 bits per heavy atom. The molecule has 4 bridgehead atoms. The van der Waals surface area contributed by atoms with Gasteiger partial charge in [0.1, 0.15) is 5.67 Å². The first-order valence-corrected chi connectivity index (χ1v) is 10.0. The molecular formula is C20H27F7O. The predicted octanol–water partition coefficient (Wildman–Crippen LogP) is 5.77. The van der Waals surface area contributed by atoms with Crippen molar-refractivity contribution in [3.8, 4) is 0 Å². The zero-order valence-corrected chi connectivity index (χ0v) is 16.3. The molecule has 0 aromatic rings. The van der Waals surface area contributed by atoms with Crippen molar-refractivity contribution in [1.82, 2.24) is 0 Å². The highest BCUT2D eigenvalue weighted by molar-refractivity contribution is 5.25. The fraction of sp³-hybridized carbons (Fsp3) is 1.00. The van der Waals surface area contributed by atoms with E-state index in [0.29, 0.717) is 24.2 Å². The first kappa shape index (κ1) is 20.7. The largest absolute Gasteiger partial charge is 0.426 e. The monoisotopic (exact) mass is 416 g/mol. The van der Waals surface area contributed by atoms with Crippen LogP contribution in [0, 0.1) is 52.8 Å². The van der Waals surface area contributed by atoms with Gasteiger partial charge in [0, 0.05) is 11.8 Å². The second kappa shape index (κ2) is 5.38. The molecule has 0 aromatic carbocycles. The predicted molar refractivity (Wildman–Crippen MR) is 87.8 cm³/mol. The number of hydrogen-bond acceptors (Lipinski definition) is 1. The highest BCUT2D eigenvalue weighted by Gasteiger charge is 2.81. The van der Waals surface area contributed by atoms with Crippen LogP contribution in [0.15, 0.2) is 0 Å². The first-order chi connectivity index (χ1) is 12.5. The summed E-state index contributed by atoms with van der Waals surface area (Å²) in [5.41, 5.74) is -9.11. The average Bonchev–Trinajstić information content (AvgIpc) is 3.19. The van der Waals surface area contributed by atoms with Gasteiger partial charge in [-0.25, -0.2) is 4.39 Å². The van der Waals surface area contributed by atoms with Crippen LogP contribution in [0.2, 0.25) is 0 Å². The van der Waals surface area contributed by atoms with E-state index >= 15 is 4.39 Å². The first-order valence-electron chi connectivity index (χ1n) is 10.0. The Kier molecular flexibility index (Phi) is 3.99. The Morgan fingerprint density at radius 2 is 1.25 bits per heavy atom. The van der Waals surface area contributed by atoms with E-state index in [1.165, 1.54) is 13.8 Å². The zero-order valence-electron chi connectivity index (χ0n) is 16.3. The van der Waals surface area contributed by atoms with E-state index in [2.05, 4.69) is 13.8 Å². The summed E-state index contributed by atoms with van der Waals surface area (Å²) in [7, 11) is 0. The number of aliphatic hydroxyl groups is 1. The van der Waals surface area contributed by atoms with Gasteiger partial charge in [0.25, 0.3) is 5.60 Å². The van der Waals surface area contributed by atoms with E-state index in [1.54, 1.807) is 0 Å². The number of rotatable bonds is 2. The lowest BCUT2D eigenvalue weighted by molar-refractivity contribution is -0.381. The van der Waals surface area contributed by atoms with Gasteiger partial charge in [0.05, 0.1) is 0 Å². The van der Waals surface area contributed by atoms with Crippen LogP contribution in [0.3, 0.4) is 0 Å². The number of alkyl halides is 7. The molecule has 0 amide bonds. The Hall–Kier alpha value is -0.530. The lowest BCUT2D eigenvalue weighted by Gasteiger charge is -2.55. The SMILES string of the molecule is CC1C(C)C2CC1C1C2C2CC1C(C)(C)C2(F)CC(O)(C(F)(F)F)C(F)(F)F. The zero-order chi connectivity index (χ0) is 21.2. The molecule has 0 spiro atoms. The Morgan fingerprint density at radius 1 is 0.821 bits per heavy atom. The van der Waals surface area contributed by atoms with Crippen molar-refractivity contribution in [3.05, 3.63) is 0 Å². The molecule has 9 unspecified atom stereocenters. The molecule has 1 N–H and O–H groups in total. The van der Waals surface area contributed by atoms with E-state index in [0.717, 1.165) is 6.42 Å². The summed E-state index contributed by atoms with van der Waals surface area (Å²) in [6.45, 7) is 7.13. The van der Waals surface area contributed by atoms with Crippen molar-refractivity contribution in [3.63, 3.8) is 0 Å². The summed E-state index contributed by atoms with van der Waals surface area (Å²) in [5, 5.41) is 9.75. The number of halogens is 7. The van der Waals surface area contributed by atoms with Crippen LogP contribution < -0.4 is 0 Å². The van der Waals surface area contributed by atoms with E-state index in [9.17, 15) is 31.4 Å². The molecule has 1 nitrogen and oxygen atoms in total. The second-order valence-corrected chi connectivity index (χ2v) is 10.5. The third-order valence-electron chi connectivity index (χ3n) is 9.63. The minimum atomic E-state index is -5.99. The third kappa shape index (κ3) is 2.14. The maximum Gasteiger partial charge on any atom is 0.426 e. The summed E-state index contributed by atoms with van der Waals surface area (Å²) in [6.07, 6.45) is -12.7. The third-order valence-corrected chi connectivity index (χ3v) is 9.63.